The third kappa shape index (κ3) is 1.75. The molecule has 2 aromatic heterocycles. The minimum Gasteiger partial charge on any atom is -0.341 e. The van der Waals surface area contributed by atoms with Crippen LogP contribution in [0.2, 0.25) is 5.28 Å². The van der Waals surface area contributed by atoms with Gasteiger partial charge in [-0.1, -0.05) is 23.8 Å². The Kier molecular flexibility index (Phi) is 2.52. The van der Waals surface area contributed by atoms with E-state index in [-0.39, 0.29) is 5.28 Å². The van der Waals surface area contributed by atoms with Crippen LogP contribution < -0.4 is 0 Å². The molecule has 18 heavy (non-hydrogen) atoms. The molecule has 0 aliphatic carbocycles. The zero-order valence-electron chi connectivity index (χ0n) is 10.0. The first-order valence-corrected chi connectivity index (χ1v) is 5.97. The summed E-state index contributed by atoms with van der Waals surface area (Å²) in [6.07, 6.45) is 1.60. The lowest BCUT2D eigenvalue weighted by Crippen LogP contribution is -1.93. The van der Waals surface area contributed by atoms with Crippen molar-refractivity contribution in [2.75, 3.05) is 0 Å². The Morgan fingerprint density at radius 2 is 2.00 bits per heavy atom. The number of aromatic nitrogens is 4. The number of imidazole rings is 1. The van der Waals surface area contributed by atoms with Crippen molar-refractivity contribution in [1.29, 1.82) is 0 Å². The lowest BCUT2D eigenvalue weighted by atomic mass is 10.0. The fourth-order valence-corrected chi connectivity index (χ4v) is 2.25. The fourth-order valence-electron chi connectivity index (χ4n) is 2.08. The molecule has 5 heteroatoms. The first kappa shape index (κ1) is 11.2. The normalized spacial score (nSPS) is 11.1. The molecule has 90 valence electrons. The molecule has 2 heterocycles. The molecule has 0 amide bonds. The fraction of sp³-hybridized carbons (Fsp3) is 0.154. The summed E-state index contributed by atoms with van der Waals surface area (Å²) in [6.45, 7) is 4.12. The summed E-state index contributed by atoms with van der Waals surface area (Å²) in [6, 6.07) is 6.22. The summed E-state index contributed by atoms with van der Waals surface area (Å²) in [4.78, 5) is 15.6. The van der Waals surface area contributed by atoms with Crippen molar-refractivity contribution >= 4 is 22.8 Å². The van der Waals surface area contributed by atoms with Gasteiger partial charge in [-0.3, -0.25) is 0 Å². The zero-order valence-corrected chi connectivity index (χ0v) is 10.8. The molecule has 0 spiro atoms. The Hall–Kier alpha value is -1.94. The summed E-state index contributed by atoms with van der Waals surface area (Å²) < 4.78 is 0. The summed E-state index contributed by atoms with van der Waals surface area (Å²) in [7, 11) is 0. The third-order valence-electron chi connectivity index (χ3n) is 2.90. The van der Waals surface area contributed by atoms with Crippen LogP contribution >= 0.6 is 11.6 Å². The average Bonchev–Trinajstić information content (AvgIpc) is 2.76. The number of nitrogens with zero attached hydrogens (tertiary/aromatic N) is 3. The number of fused-ring (bicyclic) bond motifs is 1. The van der Waals surface area contributed by atoms with Gasteiger partial charge in [0.2, 0.25) is 5.28 Å². The molecule has 0 saturated heterocycles. The van der Waals surface area contributed by atoms with Gasteiger partial charge in [0.1, 0.15) is 11.2 Å². The predicted octanol–water partition coefficient (Wildman–Crippen LogP) is 3.29. The van der Waals surface area contributed by atoms with Crippen LogP contribution in [0.4, 0.5) is 0 Å². The molecule has 1 N–H and O–H groups in total. The van der Waals surface area contributed by atoms with Crippen molar-refractivity contribution in [2.24, 2.45) is 0 Å². The standard InChI is InChI=1S/C13H11ClN4/c1-7-3-4-9(8(2)5-7)10-11-12(16-6-15-11)18-13(14)17-10/h3-6H,1-2H3,(H,15,16,17,18). The average molecular weight is 259 g/mol. The van der Waals surface area contributed by atoms with Crippen LogP contribution in [0.5, 0.6) is 0 Å². The smallest absolute Gasteiger partial charge is 0.225 e. The number of halogens is 1. The van der Waals surface area contributed by atoms with E-state index in [0.29, 0.717) is 5.65 Å². The number of benzene rings is 1. The molecule has 0 radical (unpaired) electrons. The number of hydrogen-bond acceptors (Lipinski definition) is 3. The van der Waals surface area contributed by atoms with E-state index in [2.05, 4.69) is 45.9 Å². The van der Waals surface area contributed by atoms with Crippen molar-refractivity contribution in [2.45, 2.75) is 13.8 Å². The van der Waals surface area contributed by atoms with Gasteiger partial charge in [-0.25, -0.2) is 9.97 Å². The molecule has 1 aromatic carbocycles. The predicted molar refractivity (Wildman–Crippen MR) is 71.6 cm³/mol. The van der Waals surface area contributed by atoms with Crippen LogP contribution in [0.15, 0.2) is 24.5 Å². The Bertz CT molecular complexity index is 733. The van der Waals surface area contributed by atoms with Crippen LogP contribution in [0, 0.1) is 13.8 Å². The van der Waals surface area contributed by atoms with Crippen LogP contribution in [0.25, 0.3) is 22.4 Å². The van der Waals surface area contributed by atoms with Gasteiger partial charge in [-0.05, 0) is 31.0 Å². The van der Waals surface area contributed by atoms with E-state index in [1.807, 2.05) is 6.07 Å². The lowest BCUT2D eigenvalue weighted by Gasteiger charge is -2.07. The topological polar surface area (TPSA) is 54.5 Å². The monoisotopic (exact) mass is 258 g/mol. The van der Waals surface area contributed by atoms with E-state index in [1.165, 1.54) is 5.56 Å². The number of nitrogens with one attached hydrogen (secondary N) is 1. The number of rotatable bonds is 1. The van der Waals surface area contributed by atoms with Gasteiger partial charge in [0.05, 0.1) is 6.33 Å². The summed E-state index contributed by atoms with van der Waals surface area (Å²) in [5.41, 5.74) is 5.61. The highest BCUT2D eigenvalue weighted by atomic mass is 35.5. The quantitative estimate of drug-likeness (QED) is 0.682. The Morgan fingerprint density at radius 3 is 2.78 bits per heavy atom. The summed E-state index contributed by atoms with van der Waals surface area (Å²) in [5, 5.41) is 0.213. The second kappa shape index (κ2) is 4.07. The molecule has 0 unspecified atom stereocenters. The molecular weight excluding hydrogens is 248 g/mol. The Labute approximate surface area is 109 Å². The van der Waals surface area contributed by atoms with E-state index in [0.717, 1.165) is 22.3 Å². The molecule has 0 aliphatic heterocycles. The maximum atomic E-state index is 5.94. The minimum absolute atomic E-state index is 0.213. The third-order valence-corrected chi connectivity index (χ3v) is 3.06. The van der Waals surface area contributed by atoms with E-state index >= 15 is 0 Å². The second-order valence-corrected chi connectivity index (χ2v) is 4.60. The summed E-state index contributed by atoms with van der Waals surface area (Å²) >= 11 is 5.94. The molecule has 3 aromatic rings. The van der Waals surface area contributed by atoms with Gasteiger partial charge < -0.3 is 4.98 Å². The molecule has 0 atom stereocenters. The maximum absolute atomic E-state index is 5.94. The highest BCUT2D eigenvalue weighted by Gasteiger charge is 2.12. The largest absolute Gasteiger partial charge is 0.341 e. The van der Waals surface area contributed by atoms with Crippen LogP contribution in [0.1, 0.15) is 11.1 Å². The van der Waals surface area contributed by atoms with E-state index in [9.17, 15) is 0 Å². The molecule has 0 fully saturated rings. The van der Waals surface area contributed by atoms with Crippen LogP contribution in [-0.4, -0.2) is 19.9 Å². The number of H-pyrrole nitrogens is 1. The van der Waals surface area contributed by atoms with Gasteiger partial charge >= 0.3 is 0 Å². The Balaban J connectivity index is 2.33. The number of aromatic amines is 1. The van der Waals surface area contributed by atoms with E-state index in [4.69, 9.17) is 11.6 Å². The molecule has 0 aliphatic rings. The van der Waals surface area contributed by atoms with Crippen molar-refractivity contribution in [3.63, 3.8) is 0 Å². The highest BCUT2D eigenvalue weighted by Crippen LogP contribution is 2.28. The molecule has 3 rings (SSSR count). The zero-order chi connectivity index (χ0) is 12.7. The number of aryl methyl sites for hydroxylation is 2. The van der Waals surface area contributed by atoms with E-state index < -0.39 is 0 Å². The van der Waals surface area contributed by atoms with Crippen molar-refractivity contribution in [3.8, 4) is 11.3 Å². The second-order valence-electron chi connectivity index (χ2n) is 4.26. The van der Waals surface area contributed by atoms with Gasteiger partial charge in [0.15, 0.2) is 5.65 Å². The first-order valence-electron chi connectivity index (χ1n) is 5.59. The molecule has 0 saturated carbocycles. The van der Waals surface area contributed by atoms with Crippen molar-refractivity contribution in [3.05, 3.63) is 40.9 Å². The van der Waals surface area contributed by atoms with Crippen molar-refractivity contribution in [1.82, 2.24) is 19.9 Å². The van der Waals surface area contributed by atoms with Crippen molar-refractivity contribution < 1.29 is 0 Å². The Morgan fingerprint density at radius 1 is 1.17 bits per heavy atom. The lowest BCUT2D eigenvalue weighted by molar-refractivity contribution is 1.20. The van der Waals surface area contributed by atoms with Crippen LogP contribution in [-0.2, 0) is 0 Å². The molecule has 4 nitrogen and oxygen atoms in total. The summed E-state index contributed by atoms with van der Waals surface area (Å²) in [5.74, 6) is 0. The SMILES string of the molecule is Cc1ccc(-c2nc(Cl)nc3nc[nH]c23)c(C)c1. The maximum Gasteiger partial charge on any atom is 0.225 e. The number of hydrogen-bond donors (Lipinski definition) is 1. The van der Waals surface area contributed by atoms with Gasteiger partial charge in [0.25, 0.3) is 0 Å². The van der Waals surface area contributed by atoms with Crippen LogP contribution in [0.3, 0.4) is 0 Å². The van der Waals surface area contributed by atoms with E-state index in [1.54, 1.807) is 6.33 Å². The van der Waals surface area contributed by atoms with Gasteiger partial charge in [-0.2, -0.15) is 4.98 Å². The molecular formula is C13H11ClN4. The van der Waals surface area contributed by atoms with Gasteiger partial charge in [0, 0.05) is 5.56 Å². The van der Waals surface area contributed by atoms with Gasteiger partial charge in [-0.15, -0.1) is 0 Å². The highest BCUT2D eigenvalue weighted by molar-refractivity contribution is 6.28. The first-order chi connectivity index (χ1) is 8.65. The molecule has 0 bridgehead atoms. The minimum atomic E-state index is 0.213.